The number of H-pyrrole nitrogens is 1. The van der Waals surface area contributed by atoms with Crippen molar-refractivity contribution >= 4 is 16.0 Å². The third-order valence-electron chi connectivity index (χ3n) is 3.97. The molecule has 0 aromatic carbocycles. The molecule has 0 saturated carbocycles. The Kier molecular flexibility index (Phi) is 4.70. The van der Waals surface area contributed by atoms with E-state index in [0.717, 1.165) is 32.0 Å². The van der Waals surface area contributed by atoms with Gasteiger partial charge in [0.05, 0.1) is 0 Å². The van der Waals surface area contributed by atoms with Crippen molar-refractivity contribution in [2.45, 2.75) is 30.7 Å². The van der Waals surface area contributed by atoms with Crippen molar-refractivity contribution < 1.29 is 18.3 Å². The standard InChI is InChI=1S/C13H21N3O4S/c1-3-16-6-4-5-10(16)9-15(2)21(19,20)11-7-12(13(17)18)14-8-11/h7-8,10,14H,3-6,9H2,1-2H3,(H,17,18). The van der Waals surface area contributed by atoms with E-state index in [1.165, 1.54) is 17.5 Å². The Labute approximate surface area is 124 Å². The predicted molar refractivity (Wildman–Crippen MR) is 77.8 cm³/mol. The fourth-order valence-corrected chi connectivity index (χ4v) is 3.94. The van der Waals surface area contributed by atoms with Crippen LogP contribution in [-0.4, -0.2) is 66.4 Å². The molecule has 2 N–H and O–H groups in total. The molecule has 1 aromatic rings. The van der Waals surface area contributed by atoms with E-state index < -0.39 is 16.0 Å². The molecule has 21 heavy (non-hydrogen) atoms. The van der Waals surface area contributed by atoms with Crippen LogP contribution >= 0.6 is 0 Å². The summed E-state index contributed by atoms with van der Waals surface area (Å²) in [5, 5.41) is 8.85. The molecule has 1 aromatic heterocycles. The summed E-state index contributed by atoms with van der Waals surface area (Å²) in [6, 6.07) is 1.38. The van der Waals surface area contributed by atoms with E-state index in [2.05, 4.69) is 16.8 Å². The number of aromatic amines is 1. The maximum Gasteiger partial charge on any atom is 0.352 e. The number of likely N-dealkylation sites (tertiary alicyclic amines) is 1. The van der Waals surface area contributed by atoms with Crippen molar-refractivity contribution in [2.75, 3.05) is 26.7 Å². The van der Waals surface area contributed by atoms with Gasteiger partial charge in [-0.1, -0.05) is 6.92 Å². The maximum absolute atomic E-state index is 12.4. The number of rotatable bonds is 6. The molecule has 2 heterocycles. The lowest BCUT2D eigenvalue weighted by atomic mass is 10.2. The molecule has 0 bridgehead atoms. The SMILES string of the molecule is CCN1CCCC1CN(C)S(=O)(=O)c1c[nH]c(C(=O)O)c1. The molecular formula is C13H21N3O4S. The highest BCUT2D eigenvalue weighted by molar-refractivity contribution is 7.89. The minimum atomic E-state index is -3.66. The van der Waals surface area contributed by atoms with Gasteiger partial charge in [-0.3, -0.25) is 4.90 Å². The molecule has 8 heteroatoms. The molecule has 0 aliphatic carbocycles. The Morgan fingerprint density at radius 1 is 1.57 bits per heavy atom. The minimum absolute atomic E-state index is 0.0107. The van der Waals surface area contributed by atoms with Crippen LogP contribution < -0.4 is 0 Å². The molecule has 1 unspecified atom stereocenters. The zero-order chi connectivity index (χ0) is 15.6. The number of aromatic nitrogens is 1. The van der Waals surface area contributed by atoms with Crippen LogP contribution in [0.3, 0.4) is 0 Å². The summed E-state index contributed by atoms with van der Waals surface area (Å²) in [6.45, 7) is 4.40. The molecule has 1 aliphatic rings. The predicted octanol–water partition coefficient (Wildman–Crippen LogP) is 0.818. The van der Waals surface area contributed by atoms with Crippen molar-refractivity contribution in [2.24, 2.45) is 0 Å². The van der Waals surface area contributed by atoms with E-state index in [0.29, 0.717) is 6.54 Å². The van der Waals surface area contributed by atoms with Crippen LogP contribution in [0.2, 0.25) is 0 Å². The summed E-state index contributed by atoms with van der Waals surface area (Å²) in [6.07, 6.45) is 3.29. The molecule has 2 rings (SSSR count). The Bertz CT molecular complexity index is 611. The minimum Gasteiger partial charge on any atom is -0.477 e. The first-order chi connectivity index (χ1) is 9.86. The fraction of sp³-hybridized carbons (Fsp3) is 0.615. The van der Waals surface area contributed by atoms with E-state index in [1.54, 1.807) is 0 Å². The second kappa shape index (κ2) is 6.17. The number of carbonyl (C=O) groups is 1. The number of carboxylic acid groups (broad SMARTS) is 1. The second-order valence-electron chi connectivity index (χ2n) is 5.26. The zero-order valence-corrected chi connectivity index (χ0v) is 13.1. The number of hydrogen-bond acceptors (Lipinski definition) is 4. The first-order valence-electron chi connectivity index (χ1n) is 6.98. The monoisotopic (exact) mass is 315 g/mol. The van der Waals surface area contributed by atoms with Gasteiger partial charge in [0.15, 0.2) is 0 Å². The number of nitrogens with zero attached hydrogens (tertiary/aromatic N) is 2. The van der Waals surface area contributed by atoms with Crippen LogP contribution in [0.25, 0.3) is 0 Å². The van der Waals surface area contributed by atoms with Crippen LogP contribution in [0.4, 0.5) is 0 Å². The smallest absolute Gasteiger partial charge is 0.352 e. The Morgan fingerprint density at radius 2 is 2.29 bits per heavy atom. The normalized spacial score (nSPS) is 20.2. The molecule has 118 valence electrons. The van der Waals surface area contributed by atoms with Crippen LogP contribution in [0.1, 0.15) is 30.3 Å². The van der Waals surface area contributed by atoms with Crippen LogP contribution in [0, 0.1) is 0 Å². The number of aromatic carboxylic acids is 1. The van der Waals surface area contributed by atoms with Crippen molar-refractivity contribution in [3.63, 3.8) is 0 Å². The largest absolute Gasteiger partial charge is 0.477 e. The lowest BCUT2D eigenvalue weighted by Crippen LogP contribution is -2.41. The van der Waals surface area contributed by atoms with Gasteiger partial charge in [0.1, 0.15) is 10.6 Å². The average molecular weight is 315 g/mol. The number of sulfonamides is 1. The van der Waals surface area contributed by atoms with Crippen molar-refractivity contribution in [1.82, 2.24) is 14.2 Å². The van der Waals surface area contributed by atoms with Gasteiger partial charge >= 0.3 is 5.97 Å². The highest BCUT2D eigenvalue weighted by Crippen LogP contribution is 2.21. The molecule has 0 radical (unpaired) electrons. The van der Waals surface area contributed by atoms with Gasteiger partial charge in [0.25, 0.3) is 0 Å². The van der Waals surface area contributed by atoms with Gasteiger partial charge in [0, 0.05) is 25.8 Å². The van der Waals surface area contributed by atoms with E-state index in [4.69, 9.17) is 5.11 Å². The molecule has 1 saturated heterocycles. The summed E-state index contributed by atoms with van der Waals surface area (Å²) in [5.74, 6) is -1.17. The second-order valence-corrected chi connectivity index (χ2v) is 7.31. The summed E-state index contributed by atoms with van der Waals surface area (Å²) >= 11 is 0. The number of carboxylic acids is 1. The van der Waals surface area contributed by atoms with Gasteiger partial charge in [-0.2, -0.15) is 4.31 Å². The third kappa shape index (κ3) is 3.28. The Balaban J connectivity index is 2.12. The van der Waals surface area contributed by atoms with E-state index in [-0.39, 0.29) is 16.6 Å². The summed E-state index contributed by atoms with van der Waals surface area (Å²) < 4.78 is 26.2. The topological polar surface area (TPSA) is 93.7 Å². The van der Waals surface area contributed by atoms with Crippen molar-refractivity contribution in [3.05, 3.63) is 18.0 Å². The average Bonchev–Trinajstić information content (AvgIpc) is 3.07. The van der Waals surface area contributed by atoms with Gasteiger partial charge in [0.2, 0.25) is 10.0 Å². The molecular weight excluding hydrogens is 294 g/mol. The van der Waals surface area contributed by atoms with Crippen LogP contribution in [0.5, 0.6) is 0 Å². The van der Waals surface area contributed by atoms with Gasteiger partial charge in [-0.15, -0.1) is 0 Å². The van der Waals surface area contributed by atoms with E-state index in [9.17, 15) is 13.2 Å². The first-order valence-corrected chi connectivity index (χ1v) is 8.42. The van der Waals surface area contributed by atoms with Crippen LogP contribution in [-0.2, 0) is 10.0 Å². The van der Waals surface area contributed by atoms with Gasteiger partial charge in [-0.25, -0.2) is 13.2 Å². The van der Waals surface area contributed by atoms with Crippen LogP contribution in [0.15, 0.2) is 17.2 Å². The van der Waals surface area contributed by atoms with Gasteiger partial charge < -0.3 is 10.1 Å². The molecule has 7 nitrogen and oxygen atoms in total. The van der Waals surface area contributed by atoms with Gasteiger partial charge in [-0.05, 0) is 32.0 Å². The van der Waals surface area contributed by atoms with Crippen molar-refractivity contribution in [3.8, 4) is 0 Å². The number of hydrogen-bond donors (Lipinski definition) is 2. The third-order valence-corrected chi connectivity index (χ3v) is 5.77. The summed E-state index contributed by atoms with van der Waals surface area (Å²) in [5.41, 5.74) is -0.127. The van der Waals surface area contributed by atoms with E-state index in [1.807, 2.05) is 0 Å². The molecule has 0 spiro atoms. The molecule has 0 amide bonds. The summed E-state index contributed by atoms with van der Waals surface area (Å²) in [4.78, 5) is 15.5. The lowest BCUT2D eigenvalue weighted by molar-refractivity contribution is 0.0691. The number of likely N-dealkylation sites (N-methyl/N-ethyl adjacent to an activating group) is 2. The molecule has 1 atom stereocenters. The lowest BCUT2D eigenvalue weighted by Gasteiger charge is -2.27. The summed E-state index contributed by atoms with van der Waals surface area (Å²) in [7, 11) is -2.12. The molecule has 1 fully saturated rings. The first kappa shape index (κ1) is 16.0. The fourth-order valence-electron chi connectivity index (χ4n) is 2.74. The number of nitrogens with one attached hydrogen (secondary N) is 1. The highest BCUT2D eigenvalue weighted by Gasteiger charge is 2.30. The Morgan fingerprint density at radius 3 is 2.86 bits per heavy atom. The highest BCUT2D eigenvalue weighted by atomic mass is 32.2. The quantitative estimate of drug-likeness (QED) is 0.810. The zero-order valence-electron chi connectivity index (χ0n) is 12.2. The molecule has 1 aliphatic heterocycles. The van der Waals surface area contributed by atoms with Crippen molar-refractivity contribution in [1.29, 1.82) is 0 Å². The van der Waals surface area contributed by atoms with E-state index >= 15 is 0 Å². The maximum atomic E-state index is 12.4. The Hall–Kier alpha value is -1.38.